The number of hydrogen-bond acceptors (Lipinski definition) is 3. The van der Waals surface area contributed by atoms with Gasteiger partial charge in [0.1, 0.15) is 5.82 Å². The quantitative estimate of drug-likeness (QED) is 0.841. The monoisotopic (exact) mass is 233 g/mol. The summed E-state index contributed by atoms with van der Waals surface area (Å²) in [5.41, 5.74) is 1.13. The Hall–Kier alpha value is -1.44. The van der Waals surface area contributed by atoms with Crippen LogP contribution in [0.15, 0.2) is 18.2 Å². The van der Waals surface area contributed by atoms with Crippen molar-refractivity contribution in [1.82, 2.24) is 10.2 Å². The molecule has 1 aliphatic heterocycles. The Morgan fingerprint density at radius 3 is 3.12 bits per heavy atom. The smallest absolute Gasteiger partial charge is 0.127 e. The maximum absolute atomic E-state index is 13.6. The van der Waals surface area contributed by atoms with Crippen LogP contribution in [0.1, 0.15) is 18.1 Å². The summed E-state index contributed by atoms with van der Waals surface area (Å²) in [5.74, 6) is -0.227. The van der Waals surface area contributed by atoms with E-state index in [1.54, 1.807) is 6.07 Å². The summed E-state index contributed by atoms with van der Waals surface area (Å²) in [6, 6.07) is 7.01. The van der Waals surface area contributed by atoms with Crippen LogP contribution < -0.4 is 5.32 Å². The van der Waals surface area contributed by atoms with Gasteiger partial charge in [0.25, 0.3) is 0 Å². The first-order chi connectivity index (χ1) is 8.19. The van der Waals surface area contributed by atoms with Crippen LogP contribution in [0.4, 0.5) is 4.39 Å². The highest BCUT2D eigenvalue weighted by molar-refractivity contribution is 5.33. The Kier molecular flexibility index (Phi) is 3.72. The minimum Gasteiger partial charge on any atom is -0.312 e. The number of nitriles is 1. The second-order valence-electron chi connectivity index (χ2n) is 4.51. The van der Waals surface area contributed by atoms with Gasteiger partial charge in [0.05, 0.1) is 11.6 Å². The van der Waals surface area contributed by atoms with E-state index in [1.165, 1.54) is 12.1 Å². The van der Waals surface area contributed by atoms with Crippen molar-refractivity contribution in [2.45, 2.75) is 19.5 Å². The van der Waals surface area contributed by atoms with Gasteiger partial charge in [-0.05, 0) is 25.1 Å². The second-order valence-corrected chi connectivity index (χ2v) is 4.51. The van der Waals surface area contributed by atoms with Crippen LogP contribution in [0.25, 0.3) is 0 Å². The number of rotatable bonds is 2. The van der Waals surface area contributed by atoms with E-state index in [-0.39, 0.29) is 5.82 Å². The van der Waals surface area contributed by atoms with Gasteiger partial charge in [-0.1, -0.05) is 0 Å². The highest BCUT2D eigenvalue weighted by Crippen LogP contribution is 2.13. The lowest BCUT2D eigenvalue weighted by Gasteiger charge is -2.31. The molecule has 90 valence electrons. The van der Waals surface area contributed by atoms with Crippen LogP contribution in [0.5, 0.6) is 0 Å². The van der Waals surface area contributed by atoms with Crippen LogP contribution in [-0.2, 0) is 6.54 Å². The molecule has 1 N–H and O–H groups in total. The molecule has 0 unspecified atom stereocenters. The highest BCUT2D eigenvalue weighted by atomic mass is 19.1. The summed E-state index contributed by atoms with van der Waals surface area (Å²) in [6.07, 6.45) is 0. The van der Waals surface area contributed by atoms with Crippen LogP contribution in [0, 0.1) is 17.1 Å². The van der Waals surface area contributed by atoms with Gasteiger partial charge in [0.2, 0.25) is 0 Å². The summed E-state index contributed by atoms with van der Waals surface area (Å²) in [4.78, 5) is 2.21. The van der Waals surface area contributed by atoms with Gasteiger partial charge in [-0.3, -0.25) is 4.90 Å². The molecule has 4 heteroatoms. The molecule has 0 amide bonds. The van der Waals surface area contributed by atoms with Gasteiger partial charge in [0, 0.05) is 37.8 Å². The largest absolute Gasteiger partial charge is 0.312 e. The first-order valence-corrected chi connectivity index (χ1v) is 5.83. The minimum atomic E-state index is -0.227. The third-order valence-corrected chi connectivity index (χ3v) is 3.02. The van der Waals surface area contributed by atoms with Crippen LogP contribution in [0.3, 0.4) is 0 Å². The molecular formula is C13H16FN3. The average Bonchev–Trinajstić information content (AvgIpc) is 2.32. The van der Waals surface area contributed by atoms with Crippen molar-refractivity contribution in [2.75, 3.05) is 19.6 Å². The molecule has 0 aliphatic carbocycles. The molecule has 0 radical (unpaired) electrons. The Labute approximate surface area is 101 Å². The third kappa shape index (κ3) is 3.02. The molecule has 0 bridgehead atoms. The molecule has 1 saturated heterocycles. The van der Waals surface area contributed by atoms with E-state index >= 15 is 0 Å². The topological polar surface area (TPSA) is 39.1 Å². The first kappa shape index (κ1) is 12.0. The van der Waals surface area contributed by atoms with Crippen molar-refractivity contribution in [1.29, 1.82) is 5.26 Å². The maximum Gasteiger partial charge on any atom is 0.127 e. The Morgan fingerprint density at radius 2 is 2.41 bits per heavy atom. The van der Waals surface area contributed by atoms with E-state index < -0.39 is 0 Å². The number of nitrogens with one attached hydrogen (secondary N) is 1. The first-order valence-electron chi connectivity index (χ1n) is 5.83. The third-order valence-electron chi connectivity index (χ3n) is 3.02. The summed E-state index contributed by atoms with van der Waals surface area (Å²) in [6.45, 7) is 5.46. The molecule has 1 aromatic rings. The molecule has 1 aliphatic rings. The predicted octanol–water partition coefficient (Wildman–Crippen LogP) is 1.49. The second kappa shape index (κ2) is 5.26. The lowest BCUT2D eigenvalue weighted by atomic mass is 10.1. The fourth-order valence-electron chi connectivity index (χ4n) is 2.16. The molecule has 17 heavy (non-hydrogen) atoms. The van der Waals surface area contributed by atoms with Crippen molar-refractivity contribution in [3.05, 3.63) is 35.1 Å². The van der Waals surface area contributed by atoms with Crippen molar-refractivity contribution in [3.8, 4) is 6.07 Å². The van der Waals surface area contributed by atoms with Gasteiger partial charge in [-0.2, -0.15) is 5.26 Å². The van der Waals surface area contributed by atoms with E-state index in [9.17, 15) is 4.39 Å². The predicted molar refractivity (Wildman–Crippen MR) is 63.9 cm³/mol. The van der Waals surface area contributed by atoms with E-state index in [2.05, 4.69) is 17.1 Å². The molecule has 0 spiro atoms. The maximum atomic E-state index is 13.6. The van der Waals surface area contributed by atoms with Gasteiger partial charge in [0.15, 0.2) is 0 Å². The van der Waals surface area contributed by atoms with E-state index in [0.29, 0.717) is 23.7 Å². The summed E-state index contributed by atoms with van der Waals surface area (Å²) >= 11 is 0. The lowest BCUT2D eigenvalue weighted by molar-refractivity contribution is 0.197. The zero-order valence-corrected chi connectivity index (χ0v) is 9.91. The van der Waals surface area contributed by atoms with Crippen LogP contribution >= 0.6 is 0 Å². The number of piperazine rings is 1. The van der Waals surface area contributed by atoms with Gasteiger partial charge >= 0.3 is 0 Å². The molecule has 1 atom stereocenters. The number of hydrogen-bond donors (Lipinski definition) is 1. The fourth-order valence-corrected chi connectivity index (χ4v) is 2.16. The SMILES string of the molecule is C[C@@H]1CN(Cc2cc(C#N)ccc2F)CCN1. The standard InChI is InChI=1S/C13H16FN3/c1-10-8-17(5-4-16-10)9-12-6-11(7-15)2-3-13(12)14/h2-3,6,10,16H,4-5,8-9H2,1H3/t10-/m1/s1. The summed E-state index contributed by atoms with van der Waals surface area (Å²) < 4.78 is 13.6. The van der Waals surface area contributed by atoms with E-state index in [4.69, 9.17) is 5.26 Å². The Morgan fingerprint density at radius 1 is 1.59 bits per heavy atom. The Balaban J connectivity index is 2.10. The molecule has 1 heterocycles. The number of halogens is 1. The molecule has 0 saturated carbocycles. The minimum absolute atomic E-state index is 0.227. The Bertz CT molecular complexity index is 439. The van der Waals surface area contributed by atoms with Crippen molar-refractivity contribution < 1.29 is 4.39 Å². The number of benzene rings is 1. The average molecular weight is 233 g/mol. The van der Waals surface area contributed by atoms with E-state index in [1.807, 2.05) is 6.07 Å². The highest BCUT2D eigenvalue weighted by Gasteiger charge is 2.17. The van der Waals surface area contributed by atoms with Crippen molar-refractivity contribution in [2.24, 2.45) is 0 Å². The molecule has 1 aromatic carbocycles. The normalized spacial score (nSPS) is 21.1. The zero-order valence-electron chi connectivity index (χ0n) is 9.91. The van der Waals surface area contributed by atoms with Crippen molar-refractivity contribution >= 4 is 0 Å². The van der Waals surface area contributed by atoms with Gasteiger partial charge in [-0.15, -0.1) is 0 Å². The zero-order chi connectivity index (χ0) is 12.3. The van der Waals surface area contributed by atoms with Crippen LogP contribution in [-0.4, -0.2) is 30.6 Å². The summed E-state index contributed by atoms with van der Waals surface area (Å²) in [5, 5.41) is 12.2. The molecule has 2 rings (SSSR count). The molecule has 3 nitrogen and oxygen atoms in total. The van der Waals surface area contributed by atoms with E-state index in [0.717, 1.165) is 19.6 Å². The molecule has 1 fully saturated rings. The number of nitrogens with zero attached hydrogens (tertiary/aromatic N) is 2. The molecular weight excluding hydrogens is 217 g/mol. The summed E-state index contributed by atoms with van der Waals surface area (Å²) in [7, 11) is 0. The van der Waals surface area contributed by atoms with Gasteiger partial charge in [-0.25, -0.2) is 4.39 Å². The van der Waals surface area contributed by atoms with Crippen molar-refractivity contribution in [3.63, 3.8) is 0 Å². The van der Waals surface area contributed by atoms with Gasteiger partial charge < -0.3 is 5.32 Å². The fraction of sp³-hybridized carbons (Fsp3) is 0.462. The van der Waals surface area contributed by atoms with Crippen LogP contribution in [0.2, 0.25) is 0 Å². The molecule has 0 aromatic heterocycles. The lowest BCUT2D eigenvalue weighted by Crippen LogP contribution is -2.48.